The van der Waals surface area contributed by atoms with Crippen molar-refractivity contribution in [1.82, 2.24) is 0 Å². The molecule has 1 amide bonds. The van der Waals surface area contributed by atoms with E-state index < -0.39 is 5.97 Å². The zero-order chi connectivity index (χ0) is 19.4. The number of furan rings is 1. The van der Waals surface area contributed by atoms with Crippen molar-refractivity contribution < 1.29 is 23.8 Å². The van der Waals surface area contributed by atoms with Gasteiger partial charge >= 0.3 is 5.97 Å². The van der Waals surface area contributed by atoms with Crippen LogP contribution in [-0.4, -0.2) is 17.0 Å². The van der Waals surface area contributed by atoms with Crippen molar-refractivity contribution in [3.63, 3.8) is 0 Å². The fraction of sp³-hybridized carbons (Fsp3) is 0.100. The molecule has 0 atom stereocenters. The smallest absolute Gasteiger partial charge is 0.371 e. The Morgan fingerprint density at radius 1 is 1.15 bits per heavy atom. The van der Waals surface area contributed by atoms with Gasteiger partial charge in [0.15, 0.2) is 0 Å². The topological polar surface area (TPSA) is 88.8 Å². The van der Waals surface area contributed by atoms with Crippen LogP contribution in [0.1, 0.15) is 32.2 Å². The molecule has 3 rings (SSSR count). The molecule has 138 valence electrons. The zero-order valence-corrected chi connectivity index (χ0v) is 15.1. The molecule has 0 unspecified atom stereocenters. The van der Waals surface area contributed by atoms with Crippen molar-refractivity contribution >= 4 is 29.2 Å². The molecule has 0 fully saturated rings. The number of carbonyl (C=O) groups excluding carboxylic acids is 1. The lowest BCUT2D eigenvalue weighted by Gasteiger charge is -2.08. The van der Waals surface area contributed by atoms with Gasteiger partial charge in [-0.3, -0.25) is 4.79 Å². The SMILES string of the molecule is Cc1oc(C(=O)O)cc1COc1ccc(C(=O)Nc2ccccc2Cl)cc1. The van der Waals surface area contributed by atoms with E-state index in [1.54, 1.807) is 55.5 Å². The molecule has 2 N–H and O–H groups in total. The fourth-order valence-corrected chi connectivity index (χ4v) is 2.57. The molecule has 3 aromatic rings. The number of carboxylic acid groups (broad SMARTS) is 1. The van der Waals surface area contributed by atoms with Crippen LogP contribution in [0.2, 0.25) is 5.02 Å². The standard InChI is InChI=1S/C20H16ClNO5/c1-12-14(10-18(27-12)20(24)25)11-26-15-8-6-13(7-9-15)19(23)22-17-5-3-2-4-16(17)21/h2-10H,11H2,1H3,(H,22,23)(H,24,25). The van der Waals surface area contributed by atoms with Crippen molar-refractivity contribution in [2.24, 2.45) is 0 Å². The van der Waals surface area contributed by atoms with E-state index >= 15 is 0 Å². The van der Waals surface area contributed by atoms with Gasteiger partial charge in [-0.25, -0.2) is 4.79 Å². The van der Waals surface area contributed by atoms with Crippen molar-refractivity contribution in [3.05, 3.63) is 82.3 Å². The van der Waals surface area contributed by atoms with Gasteiger partial charge in [0.1, 0.15) is 18.1 Å². The van der Waals surface area contributed by atoms with E-state index in [-0.39, 0.29) is 18.3 Å². The van der Waals surface area contributed by atoms with Crippen LogP contribution in [0, 0.1) is 6.92 Å². The largest absolute Gasteiger partial charge is 0.489 e. The number of hydrogen-bond acceptors (Lipinski definition) is 4. The number of hydrogen-bond donors (Lipinski definition) is 2. The summed E-state index contributed by atoms with van der Waals surface area (Å²) in [7, 11) is 0. The van der Waals surface area contributed by atoms with Gasteiger partial charge in [0, 0.05) is 11.1 Å². The van der Waals surface area contributed by atoms with E-state index in [1.165, 1.54) is 6.07 Å². The molecular formula is C20H16ClNO5. The van der Waals surface area contributed by atoms with Gasteiger partial charge in [0.25, 0.3) is 5.91 Å². The fourth-order valence-electron chi connectivity index (χ4n) is 2.39. The average molecular weight is 386 g/mol. The van der Waals surface area contributed by atoms with Crippen molar-refractivity contribution in [1.29, 1.82) is 0 Å². The molecule has 1 aromatic heterocycles. The Morgan fingerprint density at radius 3 is 2.48 bits per heavy atom. The lowest BCUT2D eigenvalue weighted by atomic mass is 10.2. The minimum atomic E-state index is -1.13. The van der Waals surface area contributed by atoms with Crippen molar-refractivity contribution in [2.45, 2.75) is 13.5 Å². The first-order valence-electron chi connectivity index (χ1n) is 8.05. The number of rotatable bonds is 6. The van der Waals surface area contributed by atoms with Crippen molar-refractivity contribution in [2.75, 3.05) is 5.32 Å². The van der Waals surface area contributed by atoms with Crippen LogP contribution in [0.5, 0.6) is 5.75 Å². The number of halogens is 1. The summed E-state index contributed by atoms with van der Waals surface area (Å²) in [5.41, 5.74) is 1.64. The van der Waals surface area contributed by atoms with Gasteiger partial charge in [-0.1, -0.05) is 23.7 Å². The van der Waals surface area contributed by atoms with Gasteiger partial charge in [0.2, 0.25) is 5.76 Å². The molecule has 27 heavy (non-hydrogen) atoms. The quantitative estimate of drug-likeness (QED) is 0.638. The highest BCUT2D eigenvalue weighted by molar-refractivity contribution is 6.33. The molecule has 6 nitrogen and oxygen atoms in total. The molecule has 2 aromatic carbocycles. The summed E-state index contributed by atoms with van der Waals surface area (Å²) in [6.07, 6.45) is 0. The van der Waals surface area contributed by atoms with Gasteiger partial charge in [0.05, 0.1) is 10.7 Å². The second kappa shape index (κ2) is 7.97. The maximum Gasteiger partial charge on any atom is 0.371 e. The normalized spacial score (nSPS) is 10.4. The van der Waals surface area contributed by atoms with Crippen LogP contribution in [0.15, 0.2) is 59.0 Å². The average Bonchev–Trinajstić information content (AvgIpc) is 3.03. The monoisotopic (exact) mass is 385 g/mol. The molecule has 0 radical (unpaired) electrons. The van der Waals surface area contributed by atoms with Crippen LogP contribution in [0.4, 0.5) is 5.69 Å². The first-order chi connectivity index (χ1) is 12.9. The van der Waals surface area contributed by atoms with Gasteiger partial charge in [-0.05, 0) is 49.4 Å². The summed E-state index contributed by atoms with van der Waals surface area (Å²) >= 11 is 6.04. The zero-order valence-electron chi connectivity index (χ0n) is 14.4. The highest BCUT2D eigenvalue weighted by atomic mass is 35.5. The molecule has 0 saturated heterocycles. The number of amides is 1. The number of aromatic carboxylic acids is 1. The third-order valence-electron chi connectivity index (χ3n) is 3.86. The molecule has 1 heterocycles. The summed E-state index contributed by atoms with van der Waals surface area (Å²) in [6, 6.07) is 15.0. The van der Waals surface area contributed by atoms with Gasteiger partial charge in [-0.15, -0.1) is 0 Å². The first-order valence-corrected chi connectivity index (χ1v) is 8.43. The van der Waals surface area contributed by atoms with E-state index in [0.29, 0.717) is 33.3 Å². The molecule has 0 aliphatic heterocycles. The van der Waals surface area contributed by atoms with Gasteiger partial charge < -0.3 is 19.6 Å². The highest BCUT2D eigenvalue weighted by Gasteiger charge is 2.14. The molecule has 0 bridgehead atoms. The Kier molecular flexibility index (Phi) is 5.47. The van der Waals surface area contributed by atoms with Crippen LogP contribution < -0.4 is 10.1 Å². The predicted molar refractivity (Wildman–Crippen MR) is 101 cm³/mol. The second-order valence-corrected chi connectivity index (χ2v) is 6.15. The Bertz CT molecular complexity index is 978. The van der Waals surface area contributed by atoms with Crippen LogP contribution in [0.25, 0.3) is 0 Å². The number of anilines is 1. The van der Waals surface area contributed by atoms with E-state index in [1.807, 2.05) is 0 Å². The Hall–Kier alpha value is -3.25. The summed E-state index contributed by atoms with van der Waals surface area (Å²) in [4.78, 5) is 23.2. The lowest BCUT2D eigenvalue weighted by Crippen LogP contribution is -2.12. The summed E-state index contributed by atoms with van der Waals surface area (Å²) in [5.74, 6) is -0.507. The summed E-state index contributed by atoms with van der Waals surface area (Å²) in [5, 5.41) is 12.1. The Morgan fingerprint density at radius 2 is 1.85 bits per heavy atom. The maximum atomic E-state index is 12.3. The molecule has 0 saturated carbocycles. The minimum absolute atomic E-state index is 0.127. The summed E-state index contributed by atoms with van der Waals surface area (Å²) in [6.45, 7) is 1.83. The van der Waals surface area contributed by atoms with E-state index in [2.05, 4.69) is 5.32 Å². The number of para-hydroxylation sites is 1. The highest BCUT2D eigenvalue weighted by Crippen LogP contribution is 2.22. The number of carbonyl (C=O) groups is 2. The third kappa shape index (κ3) is 4.48. The van der Waals surface area contributed by atoms with Crippen LogP contribution >= 0.6 is 11.6 Å². The maximum absolute atomic E-state index is 12.3. The third-order valence-corrected chi connectivity index (χ3v) is 4.19. The number of ether oxygens (including phenoxy) is 1. The molecule has 0 aliphatic carbocycles. The predicted octanol–water partition coefficient (Wildman–Crippen LogP) is 4.77. The molecule has 7 heteroatoms. The van der Waals surface area contributed by atoms with E-state index in [9.17, 15) is 9.59 Å². The van der Waals surface area contributed by atoms with Crippen LogP contribution in [-0.2, 0) is 6.61 Å². The van der Waals surface area contributed by atoms with Crippen molar-refractivity contribution in [3.8, 4) is 5.75 Å². The molecular weight excluding hydrogens is 370 g/mol. The van der Waals surface area contributed by atoms with E-state index in [4.69, 9.17) is 25.9 Å². The molecule has 0 aliphatic rings. The second-order valence-electron chi connectivity index (χ2n) is 5.74. The first kappa shape index (κ1) is 18.5. The van der Waals surface area contributed by atoms with Gasteiger partial charge in [-0.2, -0.15) is 0 Å². The van der Waals surface area contributed by atoms with Crippen LogP contribution in [0.3, 0.4) is 0 Å². The Balaban J connectivity index is 1.62. The number of aryl methyl sites for hydroxylation is 1. The van der Waals surface area contributed by atoms with E-state index in [0.717, 1.165) is 0 Å². The number of benzene rings is 2. The Labute approximate surface area is 160 Å². The lowest BCUT2D eigenvalue weighted by molar-refractivity contribution is 0.0660. The summed E-state index contributed by atoms with van der Waals surface area (Å²) < 4.78 is 10.8. The molecule has 0 spiro atoms. The number of carboxylic acids is 1. The minimum Gasteiger partial charge on any atom is -0.489 e. The number of nitrogens with one attached hydrogen (secondary N) is 1.